The lowest BCUT2D eigenvalue weighted by molar-refractivity contribution is -0.141. The van der Waals surface area contributed by atoms with E-state index in [0.717, 1.165) is 6.07 Å². The van der Waals surface area contributed by atoms with E-state index >= 15 is 4.39 Å². The normalized spacial score (nSPS) is 21.1. The smallest absolute Gasteiger partial charge is 0.370 e. The fraction of sp³-hybridized carbons (Fsp3) is 0.438. The molecule has 15 heteroatoms. The third-order valence-electron chi connectivity index (χ3n) is 8.90. The number of benzene rings is 1. The van der Waals surface area contributed by atoms with E-state index < -0.39 is 29.1 Å². The average molecular weight is 652 g/mol. The summed E-state index contributed by atoms with van der Waals surface area (Å²) < 4.78 is 57.3. The fourth-order valence-corrected chi connectivity index (χ4v) is 6.65. The molecule has 47 heavy (non-hydrogen) atoms. The molecular formula is C32H33F4N9O2. The Hall–Kier alpha value is -5.00. The van der Waals surface area contributed by atoms with Crippen LogP contribution in [0.5, 0.6) is 0 Å². The Morgan fingerprint density at radius 2 is 2.02 bits per heavy atom. The second kappa shape index (κ2) is 11.7. The van der Waals surface area contributed by atoms with Crippen LogP contribution in [0, 0.1) is 24.1 Å². The van der Waals surface area contributed by atoms with E-state index in [4.69, 9.17) is 10.7 Å². The number of halogens is 4. The SMILES string of the molecule is CCNc1c(-c2cc(F)c(C#N)c(N3CC[C@]4(C[C@@H]3C)N=C(c3ccc(C(F)(F)F)nc3C3CC3)NC4=O)c2)c(C)nn1CC(N)=O. The number of hydrogen-bond donors (Lipinski definition) is 3. The first kappa shape index (κ1) is 32.0. The lowest BCUT2D eigenvalue weighted by Gasteiger charge is -2.42. The quantitative estimate of drug-likeness (QED) is 0.306. The predicted molar refractivity (Wildman–Crippen MR) is 165 cm³/mol. The van der Waals surface area contributed by atoms with Crippen LogP contribution in [-0.2, 0) is 22.3 Å². The molecule has 1 saturated carbocycles. The predicted octanol–water partition coefficient (Wildman–Crippen LogP) is 4.38. The maximum Gasteiger partial charge on any atom is 0.433 e. The number of piperidine rings is 1. The Bertz CT molecular complexity index is 1860. The van der Waals surface area contributed by atoms with E-state index in [1.165, 1.54) is 16.8 Å². The summed E-state index contributed by atoms with van der Waals surface area (Å²) in [7, 11) is 0. The van der Waals surface area contributed by atoms with Crippen LogP contribution >= 0.6 is 0 Å². The molecule has 11 nitrogen and oxygen atoms in total. The molecule has 2 atom stereocenters. The molecule has 1 spiro atoms. The minimum atomic E-state index is -4.60. The first-order valence-electron chi connectivity index (χ1n) is 15.4. The number of anilines is 2. The molecular weight excluding hydrogens is 618 g/mol. The number of nitriles is 1. The van der Waals surface area contributed by atoms with Crippen molar-refractivity contribution >= 4 is 29.2 Å². The van der Waals surface area contributed by atoms with Crippen molar-refractivity contribution in [2.45, 2.75) is 76.7 Å². The number of aromatic nitrogens is 3. The number of pyridine rings is 1. The summed E-state index contributed by atoms with van der Waals surface area (Å²) in [6.45, 7) is 5.99. The van der Waals surface area contributed by atoms with Crippen molar-refractivity contribution in [3.8, 4) is 17.2 Å². The number of nitrogens with zero attached hydrogens (tertiary/aromatic N) is 6. The lowest BCUT2D eigenvalue weighted by atomic mass is 9.83. The molecule has 2 aliphatic heterocycles. The Morgan fingerprint density at radius 1 is 1.28 bits per heavy atom. The van der Waals surface area contributed by atoms with Crippen LogP contribution in [0.4, 0.5) is 29.1 Å². The number of alkyl halides is 3. The Labute approximate surface area is 267 Å². The zero-order chi connectivity index (χ0) is 33.8. The third-order valence-corrected chi connectivity index (χ3v) is 8.90. The number of rotatable bonds is 8. The highest BCUT2D eigenvalue weighted by atomic mass is 19.4. The topological polar surface area (TPSA) is 154 Å². The molecule has 4 heterocycles. The van der Waals surface area contributed by atoms with Crippen molar-refractivity contribution in [2.24, 2.45) is 10.7 Å². The first-order valence-corrected chi connectivity index (χ1v) is 15.4. The van der Waals surface area contributed by atoms with Gasteiger partial charge in [-0.3, -0.25) is 14.6 Å². The third kappa shape index (κ3) is 5.77. The van der Waals surface area contributed by atoms with Gasteiger partial charge in [-0.05, 0) is 69.9 Å². The molecule has 0 radical (unpaired) electrons. The minimum Gasteiger partial charge on any atom is -0.370 e. The first-order chi connectivity index (χ1) is 22.3. The molecule has 4 N–H and O–H groups in total. The van der Waals surface area contributed by atoms with Gasteiger partial charge < -0.3 is 21.3 Å². The van der Waals surface area contributed by atoms with Crippen molar-refractivity contribution in [3.05, 3.63) is 58.3 Å². The van der Waals surface area contributed by atoms with Gasteiger partial charge in [0.05, 0.1) is 17.1 Å². The number of carbonyl (C=O) groups is 2. The van der Waals surface area contributed by atoms with Gasteiger partial charge in [-0.2, -0.15) is 23.5 Å². The summed E-state index contributed by atoms with van der Waals surface area (Å²) in [5.74, 6) is -1.15. The highest BCUT2D eigenvalue weighted by Crippen LogP contribution is 2.44. The van der Waals surface area contributed by atoms with Crippen LogP contribution in [0.3, 0.4) is 0 Å². The molecule has 1 aliphatic carbocycles. The molecule has 3 aliphatic rings. The maximum atomic E-state index is 15.6. The average Bonchev–Trinajstić information content (AvgIpc) is 3.74. The van der Waals surface area contributed by atoms with Crippen LogP contribution < -0.4 is 21.3 Å². The van der Waals surface area contributed by atoms with E-state index in [2.05, 4.69) is 20.7 Å². The van der Waals surface area contributed by atoms with Crippen LogP contribution in [0.15, 0.2) is 29.3 Å². The summed E-state index contributed by atoms with van der Waals surface area (Å²) in [4.78, 5) is 35.7. The Balaban J connectivity index is 1.34. The van der Waals surface area contributed by atoms with Gasteiger partial charge in [0.1, 0.15) is 46.9 Å². The van der Waals surface area contributed by atoms with Gasteiger partial charge in [0, 0.05) is 42.6 Å². The number of nitrogens with one attached hydrogen (secondary N) is 2. The second-order valence-electron chi connectivity index (χ2n) is 12.3. The number of aryl methyl sites for hydroxylation is 1. The zero-order valence-corrected chi connectivity index (χ0v) is 26.0. The van der Waals surface area contributed by atoms with E-state index in [-0.39, 0.29) is 60.9 Å². The van der Waals surface area contributed by atoms with Crippen LogP contribution in [0.2, 0.25) is 0 Å². The van der Waals surface area contributed by atoms with E-state index in [1.807, 2.05) is 24.8 Å². The van der Waals surface area contributed by atoms with E-state index in [0.29, 0.717) is 53.3 Å². The Kier molecular flexibility index (Phi) is 7.93. The Morgan fingerprint density at radius 3 is 2.64 bits per heavy atom. The molecule has 2 aromatic heterocycles. The van der Waals surface area contributed by atoms with Crippen molar-refractivity contribution in [1.82, 2.24) is 20.1 Å². The van der Waals surface area contributed by atoms with Crippen LogP contribution in [-0.4, -0.2) is 57.1 Å². The van der Waals surface area contributed by atoms with Crippen molar-refractivity contribution in [1.29, 1.82) is 5.26 Å². The highest BCUT2D eigenvalue weighted by molar-refractivity contribution is 6.16. The van der Waals surface area contributed by atoms with Crippen molar-refractivity contribution < 1.29 is 27.2 Å². The standard InChI is InChI=1S/C32H33F4N9O2/c1-4-39-29-26(17(3)43-45(29)15-25(38)46)19-11-22(33)21(14-37)23(12-19)44-10-9-31(13-16(44)2)30(47)41-28(42-31)20-7-8-24(32(34,35)36)40-27(20)18-5-6-18/h7-8,11-12,16,18,39H,4-6,9-10,13,15H2,1-3H3,(H2,38,46)(H,41,42,47)/t16-,31+/m0/s1. The number of aliphatic imine (C=N–C) groups is 1. The molecule has 6 rings (SSSR count). The molecule has 0 unspecified atom stereocenters. The van der Waals surface area contributed by atoms with Crippen LogP contribution in [0.1, 0.15) is 73.7 Å². The lowest BCUT2D eigenvalue weighted by Crippen LogP contribution is -2.53. The van der Waals surface area contributed by atoms with Gasteiger partial charge in [-0.25, -0.2) is 14.1 Å². The van der Waals surface area contributed by atoms with Gasteiger partial charge in [0.2, 0.25) is 5.91 Å². The number of amides is 2. The molecule has 2 fully saturated rings. The number of primary amides is 1. The molecule has 1 aromatic carbocycles. The van der Waals surface area contributed by atoms with Gasteiger partial charge in [-0.15, -0.1) is 0 Å². The number of carbonyl (C=O) groups excluding carboxylic acids is 2. The summed E-state index contributed by atoms with van der Waals surface area (Å²) >= 11 is 0. The molecule has 246 valence electrons. The van der Waals surface area contributed by atoms with Crippen molar-refractivity contribution in [2.75, 3.05) is 23.3 Å². The van der Waals surface area contributed by atoms with Crippen molar-refractivity contribution in [3.63, 3.8) is 0 Å². The van der Waals surface area contributed by atoms with Gasteiger partial charge in [-0.1, -0.05) is 0 Å². The monoisotopic (exact) mass is 651 g/mol. The van der Waals surface area contributed by atoms with Gasteiger partial charge >= 0.3 is 6.18 Å². The van der Waals surface area contributed by atoms with Gasteiger partial charge in [0.15, 0.2) is 0 Å². The largest absolute Gasteiger partial charge is 0.433 e. The number of amidine groups is 1. The van der Waals surface area contributed by atoms with E-state index in [9.17, 15) is 28.0 Å². The maximum absolute atomic E-state index is 15.6. The molecule has 3 aromatic rings. The molecule has 1 saturated heterocycles. The van der Waals surface area contributed by atoms with E-state index in [1.54, 1.807) is 13.0 Å². The van der Waals surface area contributed by atoms with Gasteiger partial charge in [0.25, 0.3) is 5.91 Å². The minimum absolute atomic E-state index is 0.129. The summed E-state index contributed by atoms with van der Waals surface area (Å²) in [5.41, 5.74) is 5.59. The molecule has 0 bridgehead atoms. The number of hydrogen-bond acceptors (Lipinski definition) is 8. The zero-order valence-electron chi connectivity index (χ0n) is 26.0. The van der Waals surface area contributed by atoms with Crippen LogP contribution in [0.25, 0.3) is 11.1 Å². The number of nitrogens with two attached hydrogens (primary N) is 1. The summed E-state index contributed by atoms with van der Waals surface area (Å²) in [5, 5.41) is 20.4. The summed E-state index contributed by atoms with van der Waals surface area (Å²) in [6.07, 6.45) is -2.75. The summed E-state index contributed by atoms with van der Waals surface area (Å²) in [6, 6.07) is 6.77. The molecule has 2 amide bonds. The fourth-order valence-electron chi connectivity index (χ4n) is 6.65. The highest BCUT2D eigenvalue weighted by Gasteiger charge is 2.49. The second-order valence-corrected chi connectivity index (χ2v) is 12.3.